The molecule has 1 aromatic heterocycles. The van der Waals surface area contributed by atoms with Crippen LogP contribution in [0.25, 0.3) is 0 Å². The van der Waals surface area contributed by atoms with Crippen LogP contribution in [0.2, 0.25) is 0 Å². The van der Waals surface area contributed by atoms with Crippen LogP contribution in [0.3, 0.4) is 0 Å². The van der Waals surface area contributed by atoms with E-state index in [-0.39, 0.29) is 5.56 Å². The molecule has 2 rings (SSSR count). The molecule has 1 atom stereocenters. The summed E-state index contributed by atoms with van der Waals surface area (Å²) in [6.45, 7) is 4.98. The number of aromatic nitrogens is 2. The second-order valence-electron chi connectivity index (χ2n) is 4.21. The topological polar surface area (TPSA) is 50.2 Å². The molecule has 1 aliphatic rings. The lowest BCUT2D eigenvalue weighted by molar-refractivity contribution is 0.633. The average Bonchev–Trinajstić information content (AvgIpc) is 2.84. The fourth-order valence-electron chi connectivity index (χ4n) is 2.23. The third kappa shape index (κ3) is 2.37. The van der Waals surface area contributed by atoms with Gasteiger partial charge in [0.05, 0.1) is 11.9 Å². The molecule has 6 heteroatoms. The van der Waals surface area contributed by atoms with Crippen LogP contribution in [-0.2, 0) is 7.05 Å². The Balaban J connectivity index is 2.37. The first-order valence-corrected chi connectivity index (χ1v) is 6.63. The normalized spacial score (nSPS) is 19.6. The van der Waals surface area contributed by atoms with Gasteiger partial charge in [-0.1, -0.05) is 0 Å². The van der Waals surface area contributed by atoms with Gasteiger partial charge in [-0.3, -0.25) is 4.79 Å². The number of hydrogen-bond acceptors (Lipinski definition) is 4. The van der Waals surface area contributed by atoms with Gasteiger partial charge in [0.25, 0.3) is 5.56 Å². The number of halogens is 1. The number of anilines is 1. The molecule has 0 aliphatic carbocycles. The van der Waals surface area contributed by atoms with Crippen LogP contribution in [-0.4, -0.2) is 35.5 Å². The lowest BCUT2D eigenvalue weighted by Crippen LogP contribution is -2.38. The molecule has 0 radical (unpaired) electrons. The molecule has 1 aliphatic heterocycles. The van der Waals surface area contributed by atoms with Crippen molar-refractivity contribution in [2.75, 3.05) is 24.5 Å². The van der Waals surface area contributed by atoms with Gasteiger partial charge < -0.3 is 10.2 Å². The Morgan fingerprint density at radius 3 is 3.06 bits per heavy atom. The van der Waals surface area contributed by atoms with E-state index in [9.17, 15) is 4.79 Å². The Hall–Kier alpha value is -0.880. The third-order valence-electron chi connectivity index (χ3n) is 3.18. The number of likely N-dealkylation sites (N-methyl/N-ethyl adjacent to an activating group) is 1. The van der Waals surface area contributed by atoms with Crippen molar-refractivity contribution in [3.63, 3.8) is 0 Å². The Kier molecular flexibility index (Phi) is 3.83. The molecule has 0 saturated carbocycles. The second kappa shape index (κ2) is 5.18. The van der Waals surface area contributed by atoms with E-state index < -0.39 is 0 Å². The number of nitrogens with one attached hydrogen (secondary N) is 1. The second-order valence-corrected chi connectivity index (χ2v) is 5.00. The molecular formula is C11H17BrN4O. The first kappa shape index (κ1) is 12.6. The predicted molar refractivity (Wildman–Crippen MR) is 71.5 cm³/mol. The van der Waals surface area contributed by atoms with Crippen molar-refractivity contribution in [2.45, 2.75) is 19.4 Å². The summed E-state index contributed by atoms with van der Waals surface area (Å²) in [7, 11) is 1.66. The Morgan fingerprint density at radius 2 is 2.47 bits per heavy atom. The van der Waals surface area contributed by atoms with E-state index in [2.05, 4.69) is 38.2 Å². The van der Waals surface area contributed by atoms with E-state index in [1.54, 1.807) is 13.2 Å². The summed E-state index contributed by atoms with van der Waals surface area (Å²) in [5.41, 5.74) is 0.802. The molecule has 0 spiro atoms. The highest BCUT2D eigenvalue weighted by molar-refractivity contribution is 9.10. The standard InChI is InChI=1S/C11H17BrN4O/c1-3-16(8-4-5-13-6-8)9-7-14-15(2)11(17)10(9)12/h7-8,13H,3-6H2,1-2H3. The Bertz CT molecular complexity index is 453. The molecule has 1 saturated heterocycles. The van der Waals surface area contributed by atoms with Crippen LogP contribution in [0.4, 0.5) is 5.69 Å². The quantitative estimate of drug-likeness (QED) is 0.894. The molecule has 1 unspecified atom stereocenters. The van der Waals surface area contributed by atoms with Crippen LogP contribution in [0, 0.1) is 0 Å². The van der Waals surface area contributed by atoms with Crippen LogP contribution in [0.1, 0.15) is 13.3 Å². The summed E-state index contributed by atoms with van der Waals surface area (Å²) in [6.07, 6.45) is 2.86. The van der Waals surface area contributed by atoms with E-state index in [1.807, 2.05) is 0 Å². The first-order chi connectivity index (χ1) is 8.15. The van der Waals surface area contributed by atoms with Crippen molar-refractivity contribution >= 4 is 21.6 Å². The summed E-state index contributed by atoms with van der Waals surface area (Å²) >= 11 is 3.38. The average molecular weight is 301 g/mol. The molecule has 5 nitrogen and oxygen atoms in total. The van der Waals surface area contributed by atoms with Gasteiger partial charge in [0.2, 0.25) is 0 Å². The monoisotopic (exact) mass is 300 g/mol. The lowest BCUT2D eigenvalue weighted by atomic mass is 10.2. The van der Waals surface area contributed by atoms with Crippen molar-refractivity contribution in [1.29, 1.82) is 0 Å². The van der Waals surface area contributed by atoms with E-state index in [4.69, 9.17) is 0 Å². The maximum absolute atomic E-state index is 11.8. The molecule has 2 heterocycles. The van der Waals surface area contributed by atoms with Crippen molar-refractivity contribution in [1.82, 2.24) is 15.1 Å². The smallest absolute Gasteiger partial charge is 0.282 e. The minimum atomic E-state index is -0.0908. The van der Waals surface area contributed by atoms with E-state index in [0.29, 0.717) is 10.5 Å². The van der Waals surface area contributed by atoms with Gasteiger partial charge in [-0.15, -0.1) is 0 Å². The van der Waals surface area contributed by atoms with E-state index in [0.717, 1.165) is 31.7 Å². The van der Waals surface area contributed by atoms with Crippen LogP contribution < -0.4 is 15.8 Å². The van der Waals surface area contributed by atoms with Gasteiger partial charge in [-0.05, 0) is 35.8 Å². The zero-order chi connectivity index (χ0) is 12.4. The zero-order valence-corrected chi connectivity index (χ0v) is 11.7. The summed E-state index contributed by atoms with van der Waals surface area (Å²) in [5, 5.41) is 7.43. The van der Waals surface area contributed by atoms with Crippen molar-refractivity contribution in [2.24, 2.45) is 7.05 Å². The molecule has 0 bridgehead atoms. The Labute approximate surface area is 109 Å². The van der Waals surface area contributed by atoms with Gasteiger partial charge >= 0.3 is 0 Å². The van der Waals surface area contributed by atoms with Crippen molar-refractivity contribution < 1.29 is 0 Å². The fourth-order valence-corrected chi connectivity index (χ4v) is 2.82. The Morgan fingerprint density at radius 1 is 1.71 bits per heavy atom. The molecule has 0 amide bonds. The van der Waals surface area contributed by atoms with E-state index >= 15 is 0 Å². The van der Waals surface area contributed by atoms with Crippen molar-refractivity contribution in [3.05, 3.63) is 21.0 Å². The van der Waals surface area contributed by atoms with Gasteiger partial charge in [-0.25, -0.2) is 4.68 Å². The van der Waals surface area contributed by atoms with Gasteiger partial charge in [0.15, 0.2) is 0 Å². The fraction of sp³-hybridized carbons (Fsp3) is 0.636. The van der Waals surface area contributed by atoms with Gasteiger partial charge in [0.1, 0.15) is 4.47 Å². The van der Waals surface area contributed by atoms with Gasteiger partial charge in [0, 0.05) is 26.2 Å². The minimum Gasteiger partial charge on any atom is -0.365 e. The highest BCUT2D eigenvalue weighted by Crippen LogP contribution is 2.25. The first-order valence-electron chi connectivity index (χ1n) is 5.84. The molecule has 1 aromatic rings. The minimum absolute atomic E-state index is 0.0908. The molecule has 0 aromatic carbocycles. The number of nitrogens with zero attached hydrogens (tertiary/aromatic N) is 3. The van der Waals surface area contributed by atoms with Crippen LogP contribution in [0.5, 0.6) is 0 Å². The third-order valence-corrected chi connectivity index (χ3v) is 3.93. The zero-order valence-electron chi connectivity index (χ0n) is 10.1. The van der Waals surface area contributed by atoms with Crippen LogP contribution in [0.15, 0.2) is 15.5 Å². The predicted octanol–water partition coefficient (Wildman–Crippen LogP) is 0.731. The molecule has 94 valence electrons. The number of aryl methyl sites for hydroxylation is 1. The van der Waals surface area contributed by atoms with Crippen LogP contribution >= 0.6 is 15.9 Å². The van der Waals surface area contributed by atoms with Crippen molar-refractivity contribution in [3.8, 4) is 0 Å². The summed E-state index contributed by atoms with van der Waals surface area (Å²) in [5.74, 6) is 0. The lowest BCUT2D eigenvalue weighted by Gasteiger charge is -2.29. The number of rotatable bonds is 3. The molecule has 1 N–H and O–H groups in total. The number of hydrogen-bond donors (Lipinski definition) is 1. The SMILES string of the molecule is CCN(c1cnn(C)c(=O)c1Br)C1CCNC1. The molecule has 17 heavy (non-hydrogen) atoms. The molecule has 1 fully saturated rings. The van der Waals surface area contributed by atoms with Gasteiger partial charge in [-0.2, -0.15) is 5.10 Å². The highest BCUT2D eigenvalue weighted by Gasteiger charge is 2.24. The largest absolute Gasteiger partial charge is 0.365 e. The maximum Gasteiger partial charge on any atom is 0.282 e. The molecular weight excluding hydrogens is 284 g/mol. The summed E-state index contributed by atoms with van der Waals surface area (Å²) < 4.78 is 1.94. The summed E-state index contributed by atoms with van der Waals surface area (Å²) in [6, 6.07) is 0.449. The summed E-state index contributed by atoms with van der Waals surface area (Å²) in [4.78, 5) is 14.1. The maximum atomic E-state index is 11.8. The highest BCUT2D eigenvalue weighted by atomic mass is 79.9. The van der Waals surface area contributed by atoms with E-state index in [1.165, 1.54) is 4.68 Å².